The molecule has 1 fully saturated rings. The SMILES string of the molecule is C=CC(=O)N1CCCC1.N/C(=C\c1c(F)c[nH]c1N)c1ccccc1O. The van der Waals surface area contributed by atoms with Crippen LogP contribution in [-0.2, 0) is 4.79 Å². The van der Waals surface area contributed by atoms with Gasteiger partial charge in [0.15, 0.2) is 0 Å². The molecular weight excluding hydrogens is 335 g/mol. The van der Waals surface area contributed by atoms with E-state index in [2.05, 4.69) is 11.6 Å². The van der Waals surface area contributed by atoms with E-state index in [4.69, 9.17) is 11.5 Å². The summed E-state index contributed by atoms with van der Waals surface area (Å²) in [6.45, 7) is 5.26. The third-order valence-electron chi connectivity index (χ3n) is 4.01. The Kier molecular flexibility index (Phi) is 6.43. The van der Waals surface area contributed by atoms with Crippen LogP contribution in [0.2, 0.25) is 0 Å². The number of nitrogens with two attached hydrogens (primary N) is 2. The molecule has 6 N–H and O–H groups in total. The molecule has 0 unspecified atom stereocenters. The zero-order valence-corrected chi connectivity index (χ0v) is 14.4. The van der Waals surface area contributed by atoms with Crippen LogP contribution in [0.15, 0.2) is 43.1 Å². The highest BCUT2D eigenvalue weighted by atomic mass is 19.1. The summed E-state index contributed by atoms with van der Waals surface area (Å²) in [6, 6.07) is 6.55. The summed E-state index contributed by atoms with van der Waals surface area (Å²) in [5, 5.41) is 9.59. The van der Waals surface area contributed by atoms with E-state index in [0.29, 0.717) is 5.56 Å². The Balaban J connectivity index is 0.000000228. The van der Waals surface area contributed by atoms with Gasteiger partial charge in [-0.05, 0) is 37.1 Å². The van der Waals surface area contributed by atoms with Crippen LogP contribution in [0.4, 0.5) is 10.2 Å². The van der Waals surface area contributed by atoms with E-state index >= 15 is 0 Å². The first-order chi connectivity index (χ1) is 12.4. The lowest BCUT2D eigenvalue weighted by Crippen LogP contribution is -2.25. The molecule has 1 aromatic heterocycles. The number of likely N-dealkylation sites (tertiary alicyclic amines) is 1. The highest BCUT2D eigenvalue weighted by Gasteiger charge is 2.14. The molecule has 2 heterocycles. The number of aromatic amines is 1. The number of aromatic hydroxyl groups is 1. The number of hydrogen-bond acceptors (Lipinski definition) is 4. The molecule has 6 nitrogen and oxygen atoms in total. The second-order valence-electron chi connectivity index (χ2n) is 5.82. The summed E-state index contributed by atoms with van der Waals surface area (Å²) < 4.78 is 13.3. The van der Waals surface area contributed by atoms with Crippen LogP contribution in [0.3, 0.4) is 0 Å². The number of anilines is 1. The highest BCUT2D eigenvalue weighted by molar-refractivity contribution is 5.87. The van der Waals surface area contributed by atoms with Crippen molar-refractivity contribution in [2.75, 3.05) is 18.8 Å². The lowest BCUT2D eigenvalue weighted by Gasteiger charge is -2.10. The fraction of sp³-hybridized carbons (Fsp3) is 0.211. The minimum atomic E-state index is -0.485. The van der Waals surface area contributed by atoms with Crippen molar-refractivity contribution in [1.29, 1.82) is 0 Å². The van der Waals surface area contributed by atoms with Gasteiger partial charge in [0.2, 0.25) is 5.91 Å². The van der Waals surface area contributed by atoms with Crippen molar-refractivity contribution in [2.24, 2.45) is 5.73 Å². The Morgan fingerprint density at radius 3 is 2.50 bits per heavy atom. The number of para-hydroxylation sites is 1. The van der Waals surface area contributed by atoms with Crippen molar-refractivity contribution >= 4 is 23.5 Å². The minimum Gasteiger partial charge on any atom is -0.507 e. The van der Waals surface area contributed by atoms with Crippen molar-refractivity contribution in [3.63, 3.8) is 0 Å². The molecule has 1 aliphatic heterocycles. The first kappa shape index (κ1) is 19.1. The molecule has 2 aromatic rings. The summed E-state index contributed by atoms with van der Waals surface area (Å²) in [7, 11) is 0. The van der Waals surface area contributed by atoms with Crippen molar-refractivity contribution in [3.05, 3.63) is 60.1 Å². The molecule has 1 aliphatic rings. The van der Waals surface area contributed by atoms with Gasteiger partial charge >= 0.3 is 0 Å². The number of rotatable bonds is 3. The van der Waals surface area contributed by atoms with Gasteiger partial charge in [-0.3, -0.25) is 4.79 Å². The number of hydrogen-bond donors (Lipinski definition) is 4. The molecule has 0 aliphatic carbocycles. The number of benzene rings is 1. The standard InChI is InChI=1S/C12H12FN3O.C7H11NO/c13-9-6-16-12(15)8(9)5-10(14)7-3-1-2-4-11(7)17;1-2-7(9)8-5-3-4-6-8/h1-6,16-17H,14-15H2;2H,1,3-6H2/b10-5-;. The summed E-state index contributed by atoms with van der Waals surface area (Å²) in [5.41, 5.74) is 12.2. The van der Waals surface area contributed by atoms with Crippen molar-refractivity contribution < 1.29 is 14.3 Å². The maximum absolute atomic E-state index is 13.3. The number of nitrogen functional groups attached to an aromatic ring is 1. The quantitative estimate of drug-likeness (QED) is 0.633. The number of amides is 1. The van der Waals surface area contributed by atoms with Gasteiger partial charge in [0.1, 0.15) is 17.4 Å². The first-order valence-electron chi connectivity index (χ1n) is 8.23. The van der Waals surface area contributed by atoms with Crippen molar-refractivity contribution in [2.45, 2.75) is 12.8 Å². The second-order valence-corrected chi connectivity index (χ2v) is 5.82. The van der Waals surface area contributed by atoms with Crippen LogP contribution in [0.5, 0.6) is 5.75 Å². The van der Waals surface area contributed by atoms with Crippen LogP contribution < -0.4 is 11.5 Å². The van der Waals surface area contributed by atoms with E-state index in [-0.39, 0.29) is 28.7 Å². The Bertz CT molecular complexity index is 788. The van der Waals surface area contributed by atoms with E-state index in [1.807, 2.05) is 4.90 Å². The fourth-order valence-corrected chi connectivity index (χ4v) is 2.59. The molecule has 26 heavy (non-hydrogen) atoms. The summed E-state index contributed by atoms with van der Waals surface area (Å²) in [4.78, 5) is 15.2. The number of halogens is 1. The van der Waals surface area contributed by atoms with Gasteiger partial charge < -0.3 is 26.5 Å². The van der Waals surface area contributed by atoms with E-state index in [0.717, 1.165) is 32.1 Å². The molecule has 0 bridgehead atoms. The van der Waals surface area contributed by atoms with Gasteiger partial charge in [-0.1, -0.05) is 18.7 Å². The van der Waals surface area contributed by atoms with Gasteiger partial charge in [0.05, 0.1) is 5.56 Å². The number of nitrogens with one attached hydrogen (secondary N) is 1. The van der Waals surface area contributed by atoms with Crippen LogP contribution in [0.1, 0.15) is 24.0 Å². The molecule has 7 heteroatoms. The lowest BCUT2D eigenvalue weighted by molar-refractivity contribution is -0.124. The fourth-order valence-electron chi connectivity index (χ4n) is 2.59. The Labute approximate surface area is 151 Å². The van der Waals surface area contributed by atoms with E-state index < -0.39 is 5.82 Å². The number of carbonyl (C=O) groups excluding carboxylic acids is 1. The second kappa shape index (κ2) is 8.75. The monoisotopic (exact) mass is 358 g/mol. The van der Waals surface area contributed by atoms with Crippen molar-refractivity contribution in [3.8, 4) is 5.75 Å². The smallest absolute Gasteiger partial charge is 0.245 e. The number of carbonyl (C=O) groups is 1. The molecule has 0 atom stereocenters. The molecule has 0 spiro atoms. The zero-order valence-electron chi connectivity index (χ0n) is 14.4. The van der Waals surface area contributed by atoms with Gasteiger partial charge in [-0.25, -0.2) is 4.39 Å². The normalized spacial score (nSPS) is 13.9. The van der Waals surface area contributed by atoms with Gasteiger partial charge in [-0.2, -0.15) is 0 Å². The molecular formula is C19H23FN4O2. The molecule has 138 valence electrons. The molecule has 3 rings (SSSR count). The summed E-state index contributed by atoms with van der Waals surface area (Å²) in [5.74, 6) is -0.176. The maximum Gasteiger partial charge on any atom is 0.245 e. The third-order valence-corrected chi connectivity index (χ3v) is 4.01. The molecule has 0 saturated carbocycles. The average molecular weight is 358 g/mol. The van der Waals surface area contributed by atoms with Gasteiger partial charge in [0, 0.05) is 30.5 Å². The van der Waals surface area contributed by atoms with Crippen LogP contribution in [0.25, 0.3) is 11.8 Å². The van der Waals surface area contributed by atoms with Gasteiger partial charge in [0.25, 0.3) is 0 Å². The predicted molar refractivity (Wildman–Crippen MR) is 101 cm³/mol. The number of aromatic nitrogens is 1. The topological polar surface area (TPSA) is 108 Å². The minimum absolute atomic E-state index is 0.0377. The molecule has 1 aromatic carbocycles. The average Bonchev–Trinajstić information content (AvgIpc) is 3.28. The summed E-state index contributed by atoms with van der Waals surface area (Å²) >= 11 is 0. The van der Waals surface area contributed by atoms with Gasteiger partial charge in [-0.15, -0.1) is 0 Å². The Morgan fingerprint density at radius 1 is 1.31 bits per heavy atom. The molecule has 0 radical (unpaired) electrons. The molecule has 1 amide bonds. The Morgan fingerprint density at radius 2 is 1.96 bits per heavy atom. The first-order valence-corrected chi connectivity index (χ1v) is 8.23. The number of H-pyrrole nitrogens is 1. The van der Waals surface area contributed by atoms with Crippen LogP contribution >= 0.6 is 0 Å². The zero-order chi connectivity index (χ0) is 19.1. The van der Waals surface area contributed by atoms with Crippen LogP contribution in [0, 0.1) is 5.82 Å². The van der Waals surface area contributed by atoms with E-state index in [9.17, 15) is 14.3 Å². The highest BCUT2D eigenvalue weighted by Crippen LogP contribution is 2.25. The largest absolute Gasteiger partial charge is 0.507 e. The Hall–Kier alpha value is -3.22. The van der Waals surface area contributed by atoms with E-state index in [1.165, 1.54) is 18.2 Å². The lowest BCUT2D eigenvalue weighted by atomic mass is 10.1. The number of nitrogens with zero attached hydrogens (tertiary/aromatic N) is 1. The predicted octanol–water partition coefficient (Wildman–Crippen LogP) is 2.69. The third kappa shape index (κ3) is 4.66. The summed E-state index contributed by atoms with van der Waals surface area (Å²) in [6.07, 6.45) is 6.22. The molecule has 1 saturated heterocycles. The number of phenolic OH excluding ortho intramolecular Hbond substituents is 1. The van der Waals surface area contributed by atoms with Crippen LogP contribution in [-0.4, -0.2) is 34.0 Å². The number of phenols is 1. The van der Waals surface area contributed by atoms with Crippen molar-refractivity contribution in [1.82, 2.24) is 9.88 Å². The maximum atomic E-state index is 13.3. The van der Waals surface area contributed by atoms with E-state index in [1.54, 1.807) is 18.2 Å².